The molecule has 0 amide bonds. The van der Waals surface area contributed by atoms with Gasteiger partial charge in [0.1, 0.15) is 22.3 Å². The number of nitrogens with one attached hydrogen (secondary N) is 2. The number of methoxy groups -OCH3 is 1. The van der Waals surface area contributed by atoms with Gasteiger partial charge in [0.15, 0.2) is 10.6 Å². The number of hydrogen-bond acceptors (Lipinski definition) is 9. The number of rotatable bonds is 9. The van der Waals surface area contributed by atoms with Gasteiger partial charge < -0.3 is 14.0 Å². The van der Waals surface area contributed by atoms with E-state index in [2.05, 4.69) is 19.6 Å². The van der Waals surface area contributed by atoms with Gasteiger partial charge in [-0.2, -0.15) is 8.42 Å². The summed E-state index contributed by atoms with van der Waals surface area (Å²) in [5.41, 5.74) is 0.739. The number of pyridine rings is 1. The zero-order valence-electron chi connectivity index (χ0n) is 21.0. The first-order valence-electron chi connectivity index (χ1n) is 11.5. The number of aromatic nitrogens is 2. The average Bonchev–Trinajstić information content (AvgIpc) is 3.41. The summed E-state index contributed by atoms with van der Waals surface area (Å²) < 4.78 is 74.1. The molecule has 0 aliphatic carbocycles. The molecule has 11 nitrogen and oxygen atoms in total. The Balaban J connectivity index is 1.54. The number of benzene rings is 3. The molecule has 5 aromatic rings. The highest BCUT2D eigenvalue weighted by Gasteiger charge is 2.25. The average molecular weight is 601 g/mol. The summed E-state index contributed by atoms with van der Waals surface area (Å²) in [5.74, 6) is 1.31. The second-order valence-electron chi connectivity index (χ2n) is 8.49. The zero-order valence-corrected chi connectivity index (χ0v) is 23.3. The van der Waals surface area contributed by atoms with Crippen LogP contribution in [0.4, 0.5) is 11.4 Å². The number of halogens is 1. The minimum Gasteiger partial charge on any atom is -0.497 e. The molecule has 206 valence electrons. The molecule has 0 unspecified atom stereocenters. The number of ether oxygens (including phenoxy) is 2. The van der Waals surface area contributed by atoms with Gasteiger partial charge in [0, 0.05) is 6.07 Å². The molecule has 0 atom stereocenters. The summed E-state index contributed by atoms with van der Waals surface area (Å²) in [6.07, 6.45) is 2.30. The maximum Gasteiger partial charge on any atom is 0.280 e. The highest BCUT2D eigenvalue weighted by atomic mass is 35.5. The lowest BCUT2D eigenvalue weighted by Crippen LogP contribution is -2.18. The van der Waals surface area contributed by atoms with Gasteiger partial charge in [-0.1, -0.05) is 34.5 Å². The second kappa shape index (κ2) is 10.7. The molecule has 0 saturated heterocycles. The van der Waals surface area contributed by atoms with Crippen molar-refractivity contribution in [1.29, 1.82) is 0 Å². The maximum atomic E-state index is 13.4. The van der Waals surface area contributed by atoms with Gasteiger partial charge in [-0.15, -0.1) is 0 Å². The molecule has 0 radical (unpaired) electrons. The van der Waals surface area contributed by atoms with E-state index in [-0.39, 0.29) is 38.0 Å². The van der Waals surface area contributed by atoms with Gasteiger partial charge in [0.2, 0.25) is 0 Å². The lowest BCUT2D eigenvalue weighted by Gasteiger charge is -2.16. The molecule has 40 heavy (non-hydrogen) atoms. The van der Waals surface area contributed by atoms with Crippen LogP contribution in [0.25, 0.3) is 11.0 Å². The zero-order chi connectivity index (χ0) is 28.5. The van der Waals surface area contributed by atoms with Crippen molar-refractivity contribution in [2.24, 2.45) is 0 Å². The molecule has 0 fully saturated rings. The topological polar surface area (TPSA) is 150 Å². The van der Waals surface area contributed by atoms with Crippen LogP contribution in [0.3, 0.4) is 0 Å². The highest BCUT2D eigenvalue weighted by molar-refractivity contribution is 7.93. The molecule has 0 spiro atoms. The van der Waals surface area contributed by atoms with Crippen LogP contribution < -0.4 is 18.9 Å². The lowest BCUT2D eigenvalue weighted by molar-refractivity contribution is 0.413. The van der Waals surface area contributed by atoms with Crippen LogP contribution in [0.15, 0.2) is 93.6 Å². The van der Waals surface area contributed by atoms with Gasteiger partial charge in [-0.05, 0) is 55.5 Å². The second-order valence-corrected chi connectivity index (χ2v) is 12.2. The van der Waals surface area contributed by atoms with E-state index in [1.807, 2.05) is 6.92 Å². The molecular weight excluding hydrogens is 580 g/mol. The fraction of sp³-hybridized carbons (Fsp3) is 0.0769. The van der Waals surface area contributed by atoms with Crippen molar-refractivity contribution in [2.75, 3.05) is 16.6 Å². The first-order valence-corrected chi connectivity index (χ1v) is 14.9. The molecule has 0 aliphatic rings. The summed E-state index contributed by atoms with van der Waals surface area (Å²) >= 11 is 6.04. The van der Waals surface area contributed by atoms with E-state index in [4.69, 9.17) is 25.6 Å². The minimum absolute atomic E-state index is 0.0149. The monoisotopic (exact) mass is 600 g/mol. The van der Waals surface area contributed by atoms with Gasteiger partial charge in [0.05, 0.1) is 41.2 Å². The summed E-state index contributed by atoms with van der Waals surface area (Å²) in [4.78, 5) is 3.92. The van der Waals surface area contributed by atoms with Crippen molar-refractivity contribution in [3.05, 3.63) is 89.7 Å². The van der Waals surface area contributed by atoms with Crippen LogP contribution in [0.2, 0.25) is 5.02 Å². The van der Waals surface area contributed by atoms with Crippen LogP contribution >= 0.6 is 11.6 Å². The van der Waals surface area contributed by atoms with E-state index in [0.717, 1.165) is 11.8 Å². The number of aryl methyl sites for hydroxylation is 1. The summed E-state index contributed by atoms with van der Waals surface area (Å²) in [6, 6.07) is 17.1. The molecule has 5 rings (SSSR count). The van der Waals surface area contributed by atoms with Crippen molar-refractivity contribution in [3.8, 4) is 17.2 Å². The first kappa shape index (κ1) is 27.2. The van der Waals surface area contributed by atoms with E-state index in [1.54, 1.807) is 36.4 Å². The third kappa shape index (κ3) is 5.66. The summed E-state index contributed by atoms with van der Waals surface area (Å²) in [6.45, 7) is 1.83. The molecule has 14 heteroatoms. The van der Waals surface area contributed by atoms with Gasteiger partial charge >= 0.3 is 0 Å². The Bertz CT molecular complexity index is 1910. The van der Waals surface area contributed by atoms with Crippen molar-refractivity contribution in [1.82, 2.24) is 10.1 Å². The smallest absolute Gasteiger partial charge is 0.280 e. The van der Waals surface area contributed by atoms with Gasteiger partial charge in [-0.3, -0.25) is 9.44 Å². The summed E-state index contributed by atoms with van der Waals surface area (Å²) in [7, 11) is -6.94. The van der Waals surface area contributed by atoms with E-state index >= 15 is 0 Å². The number of hydrogen-bond donors (Lipinski definition) is 2. The lowest BCUT2D eigenvalue weighted by atomic mass is 10.2. The predicted octanol–water partition coefficient (Wildman–Crippen LogP) is 5.59. The molecule has 0 aliphatic heterocycles. The molecule has 2 heterocycles. The largest absolute Gasteiger partial charge is 0.497 e. The molecule has 0 bridgehead atoms. The quantitative estimate of drug-likeness (QED) is 0.221. The molecule has 0 saturated carbocycles. The molecule has 2 aromatic heterocycles. The van der Waals surface area contributed by atoms with Crippen LogP contribution in [-0.2, 0) is 20.0 Å². The third-order valence-electron chi connectivity index (χ3n) is 5.67. The van der Waals surface area contributed by atoms with Gasteiger partial charge in [0.25, 0.3) is 20.0 Å². The van der Waals surface area contributed by atoms with Crippen LogP contribution in [0.5, 0.6) is 17.2 Å². The van der Waals surface area contributed by atoms with E-state index < -0.39 is 25.1 Å². The maximum absolute atomic E-state index is 13.4. The summed E-state index contributed by atoms with van der Waals surface area (Å²) in [5, 5.41) is 3.34. The Labute approximate surface area is 234 Å². The number of nitrogens with zero attached hydrogens (tertiary/aromatic N) is 2. The molecular formula is C26H21ClN4O7S2. The number of anilines is 2. The molecule has 2 N–H and O–H groups in total. The van der Waals surface area contributed by atoms with E-state index in [0.29, 0.717) is 11.5 Å². The minimum atomic E-state index is -4.36. The van der Waals surface area contributed by atoms with Crippen molar-refractivity contribution in [2.45, 2.75) is 16.8 Å². The predicted molar refractivity (Wildman–Crippen MR) is 149 cm³/mol. The highest BCUT2D eigenvalue weighted by Crippen LogP contribution is 2.35. The Kier molecular flexibility index (Phi) is 7.27. The Morgan fingerprint density at radius 2 is 1.45 bits per heavy atom. The first-order chi connectivity index (χ1) is 19.1. The SMILES string of the molecule is COc1ccc(Oc2ccc(NS(=O)(=O)c3ncc(Cl)c4oncc34)c(NS(=O)(=O)c3ccc(C)cc3)c2)cc1. The van der Waals surface area contributed by atoms with Crippen LogP contribution in [0, 0.1) is 6.92 Å². The van der Waals surface area contributed by atoms with Crippen LogP contribution in [-0.4, -0.2) is 34.1 Å². The number of fused-ring (bicyclic) bond motifs is 1. The van der Waals surface area contributed by atoms with Gasteiger partial charge in [-0.25, -0.2) is 13.4 Å². The fourth-order valence-corrected chi connectivity index (χ4v) is 6.12. The van der Waals surface area contributed by atoms with Crippen LogP contribution in [0.1, 0.15) is 5.56 Å². The van der Waals surface area contributed by atoms with Crippen molar-refractivity contribution >= 4 is 54.0 Å². The van der Waals surface area contributed by atoms with E-state index in [1.165, 1.54) is 43.6 Å². The fourth-order valence-electron chi connectivity index (χ4n) is 3.68. The number of sulfonamides is 2. The standard InChI is InChI=1S/C26H21ClN4O7S2/c1-16-3-10-20(11-4-16)39(32,33)31-24-13-19(37-18-7-5-17(36-2)6-8-18)9-12-23(24)30-40(34,35)26-21-14-29-38-25(21)22(27)15-28-26/h3-15,30-31H,1-2H3. The van der Waals surface area contributed by atoms with Crippen molar-refractivity contribution in [3.63, 3.8) is 0 Å². The Morgan fingerprint density at radius 1 is 0.800 bits per heavy atom. The normalized spacial score (nSPS) is 11.8. The Morgan fingerprint density at radius 3 is 2.15 bits per heavy atom. The van der Waals surface area contributed by atoms with Crippen molar-refractivity contribution < 1.29 is 30.8 Å². The molecule has 3 aromatic carbocycles. The third-order valence-corrected chi connectivity index (χ3v) is 8.65. The Hall–Kier alpha value is -4.33. The van der Waals surface area contributed by atoms with E-state index in [9.17, 15) is 16.8 Å².